The van der Waals surface area contributed by atoms with Crippen LogP contribution >= 0.6 is 0 Å². The van der Waals surface area contributed by atoms with E-state index >= 15 is 0 Å². The molecule has 0 saturated carbocycles. The first-order chi connectivity index (χ1) is 14.0. The minimum absolute atomic E-state index is 0.0996. The van der Waals surface area contributed by atoms with E-state index < -0.39 is 10.0 Å². The van der Waals surface area contributed by atoms with E-state index in [1.54, 1.807) is 35.2 Å². The SMILES string of the molecule is CC=Cc1ccc([C@H]2[C@@H](CO)N3C(=O)CN(S(=O)(=O)c4ccccc4)C[C@H]23)cc1. The maximum absolute atomic E-state index is 13.0. The van der Waals surface area contributed by atoms with Crippen LogP contribution in [0.4, 0.5) is 0 Å². The molecule has 0 unspecified atom stereocenters. The van der Waals surface area contributed by atoms with Crippen molar-refractivity contribution in [1.82, 2.24) is 9.21 Å². The van der Waals surface area contributed by atoms with Crippen molar-refractivity contribution >= 4 is 22.0 Å². The summed E-state index contributed by atoms with van der Waals surface area (Å²) < 4.78 is 27.3. The minimum Gasteiger partial charge on any atom is -0.394 e. The van der Waals surface area contributed by atoms with Crippen molar-refractivity contribution in [1.29, 1.82) is 0 Å². The number of hydrogen-bond acceptors (Lipinski definition) is 4. The lowest BCUT2D eigenvalue weighted by Crippen LogP contribution is -2.73. The minimum atomic E-state index is -3.75. The molecule has 0 bridgehead atoms. The molecular weight excluding hydrogens is 388 g/mol. The number of sulfonamides is 1. The molecule has 2 fully saturated rings. The Balaban J connectivity index is 1.62. The second-order valence-corrected chi connectivity index (χ2v) is 9.36. The summed E-state index contributed by atoms with van der Waals surface area (Å²) in [6.45, 7) is 1.84. The number of rotatable bonds is 5. The van der Waals surface area contributed by atoms with Crippen molar-refractivity contribution in [3.05, 3.63) is 71.8 Å². The Morgan fingerprint density at radius 2 is 1.79 bits per heavy atom. The summed E-state index contributed by atoms with van der Waals surface area (Å²) in [6.07, 6.45) is 3.96. The average molecular weight is 413 g/mol. The van der Waals surface area contributed by atoms with Crippen LogP contribution in [0.5, 0.6) is 0 Å². The molecule has 152 valence electrons. The van der Waals surface area contributed by atoms with E-state index in [1.807, 2.05) is 43.3 Å². The van der Waals surface area contributed by atoms with Crippen LogP contribution < -0.4 is 0 Å². The number of nitrogens with zero attached hydrogens (tertiary/aromatic N) is 2. The topological polar surface area (TPSA) is 77.9 Å². The van der Waals surface area contributed by atoms with Gasteiger partial charge in [0.05, 0.1) is 30.1 Å². The molecule has 6 nitrogen and oxygen atoms in total. The van der Waals surface area contributed by atoms with Crippen molar-refractivity contribution in [3.8, 4) is 0 Å². The van der Waals surface area contributed by atoms with Crippen molar-refractivity contribution in [2.45, 2.75) is 29.8 Å². The van der Waals surface area contributed by atoms with Crippen LogP contribution in [-0.4, -0.2) is 60.4 Å². The maximum Gasteiger partial charge on any atom is 0.243 e. The normalized spacial score (nSPS) is 25.1. The zero-order valence-corrected chi connectivity index (χ0v) is 17.0. The Labute approximate surface area is 171 Å². The van der Waals surface area contributed by atoms with Crippen LogP contribution in [0.3, 0.4) is 0 Å². The Hall–Kier alpha value is -2.48. The van der Waals surface area contributed by atoms with Gasteiger partial charge in [-0.25, -0.2) is 8.42 Å². The van der Waals surface area contributed by atoms with Crippen LogP contribution in [0.1, 0.15) is 24.0 Å². The van der Waals surface area contributed by atoms with Crippen molar-refractivity contribution in [3.63, 3.8) is 0 Å². The molecule has 0 aromatic heterocycles. The molecule has 2 aliphatic rings. The van der Waals surface area contributed by atoms with Gasteiger partial charge in [-0.05, 0) is 30.2 Å². The highest BCUT2D eigenvalue weighted by Gasteiger charge is 2.55. The Kier molecular flexibility index (Phi) is 5.29. The lowest BCUT2D eigenvalue weighted by atomic mass is 9.74. The number of aliphatic hydroxyl groups is 1. The van der Waals surface area contributed by atoms with E-state index in [4.69, 9.17) is 0 Å². The van der Waals surface area contributed by atoms with E-state index in [9.17, 15) is 18.3 Å². The van der Waals surface area contributed by atoms with Crippen molar-refractivity contribution < 1.29 is 18.3 Å². The third kappa shape index (κ3) is 3.39. The van der Waals surface area contributed by atoms with E-state index in [2.05, 4.69) is 0 Å². The Morgan fingerprint density at radius 3 is 2.41 bits per heavy atom. The third-order valence-corrected chi connectivity index (χ3v) is 7.61. The Morgan fingerprint density at radius 1 is 1.10 bits per heavy atom. The van der Waals surface area contributed by atoms with E-state index in [1.165, 1.54) is 4.31 Å². The average Bonchev–Trinajstić information content (AvgIpc) is 2.71. The van der Waals surface area contributed by atoms with Gasteiger partial charge in [-0.2, -0.15) is 4.31 Å². The lowest BCUT2D eigenvalue weighted by Gasteiger charge is -2.58. The highest BCUT2D eigenvalue weighted by Crippen LogP contribution is 2.43. The quantitative estimate of drug-likeness (QED) is 0.816. The second-order valence-electron chi connectivity index (χ2n) is 7.42. The summed E-state index contributed by atoms with van der Waals surface area (Å²) in [4.78, 5) is 14.6. The predicted molar refractivity (Wildman–Crippen MR) is 111 cm³/mol. The summed E-state index contributed by atoms with van der Waals surface area (Å²) >= 11 is 0. The third-order valence-electron chi connectivity index (χ3n) is 5.78. The number of aliphatic hydroxyl groups excluding tert-OH is 1. The van der Waals surface area contributed by atoms with E-state index in [0.717, 1.165) is 11.1 Å². The summed E-state index contributed by atoms with van der Waals surface area (Å²) in [6, 6.07) is 15.6. The first-order valence-corrected chi connectivity index (χ1v) is 11.1. The van der Waals surface area contributed by atoms with Gasteiger partial charge in [0.2, 0.25) is 15.9 Å². The molecular formula is C22H24N2O4S. The molecule has 1 amide bonds. The molecule has 2 aliphatic heterocycles. The lowest BCUT2D eigenvalue weighted by molar-refractivity contribution is -0.158. The number of fused-ring (bicyclic) bond motifs is 1. The number of benzene rings is 2. The van der Waals surface area contributed by atoms with Crippen LogP contribution in [0.2, 0.25) is 0 Å². The summed E-state index contributed by atoms with van der Waals surface area (Å²) in [5.74, 6) is -0.362. The number of hydrogen-bond donors (Lipinski definition) is 1. The fourth-order valence-electron chi connectivity index (χ4n) is 4.42. The molecule has 2 heterocycles. The smallest absolute Gasteiger partial charge is 0.243 e. The van der Waals surface area contributed by atoms with Crippen LogP contribution in [0.15, 0.2) is 65.6 Å². The molecule has 0 spiro atoms. The molecule has 0 radical (unpaired) electrons. The van der Waals surface area contributed by atoms with E-state index in [-0.39, 0.29) is 48.5 Å². The standard InChI is InChI=1S/C22H24N2O4S/c1-2-6-16-9-11-17(12-10-16)22-19-13-23(14-21(26)24(19)20(22)15-25)29(27,28)18-7-4-3-5-8-18/h2-12,19-20,22,25H,13-15H2,1H3/t19-,20-,22-/m1/s1. The molecule has 2 aromatic carbocycles. The number of piperazine rings is 1. The second kappa shape index (κ2) is 7.74. The molecule has 29 heavy (non-hydrogen) atoms. The fourth-order valence-corrected chi connectivity index (χ4v) is 5.84. The van der Waals surface area contributed by atoms with Gasteiger partial charge in [-0.1, -0.05) is 54.6 Å². The van der Waals surface area contributed by atoms with Crippen molar-refractivity contribution in [2.24, 2.45) is 0 Å². The van der Waals surface area contributed by atoms with Gasteiger partial charge in [0.15, 0.2) is 0 Å². The molecule has 1 N–H and O–H groups in total. The van der Waals surface area contributed by atoms with Gasteiger partial charge in [-0.15, -0.1) is 0 Å². The summed E-state index contributed by atoms with van der Waals surface area (Å²) in [7, 11) is -3.75. The highest BCUT2D eigenvalue weighted by molar-refractivity contribution is 7.89. The van der Waals surface area contributed by atoms with Crippen LogP contribution in [0, 0.1) is 0 Å². The molecule has 2 saturated heterocycles. The fraction of sp³-hybridized carbons (Fsp3) is 0.318. The first kappa shape index (κ1) is 19.8. The predicted octanol–water partition coefficient (Wildman–Crippen LogP) is 2.08. The van der Waals surface area contributed by atoms with Crippen LogP contribution in [-0.2, 0) is 14.8 Å². The Bertz CT molecular complexity index is 1020. The van der Waals surface area contributed by atoms with Gasteiger partial charge < -0.3 is 10.0 Å². The summed E-state index contributed by atoms with van der Waals surface area (Å²) in [5.41, 5.74) is 2.08. The first-order valence-electron chi connectivity index (χ1n) is 9.67. The van der Waals surface area contributed by atoms with Gasteiger partial charge in [0.25, 0.3) is 0 Å². The number of allylic oxidation sites excluding steroid dienone is 1. The zero-order chi connectivity index (χ0) is 20.6. The maximum atomic E-state index is 13.0. The number of carbonyl (C=O) groups excluding carboxylic acids is 1. The molecule has 4 rings (SSSR count). The van der Waals surface area contributed by atoms with E-state index in [0.29, 0.717) is 0 Å². The van der Waals surface area contributed by atoms with Gasteiger partial charge in [0.1, 0.15) is 0 Å². The van der Waals surface area contributed by atoms with Gasteiger partial charge in [0, 0.05) is 12.5 Å². The zero-order valence-electron chi connectivity index (χ0n) is 16.2. The largest absolute Gasteiger partial charge is 0.394 e. The van der Waals surface area contributed by atoms with Crippen molar-refractivity contribution in [2.75, 3.05) is 19.7 Å². The molecule has 2 aromatic rings. The molecule has 7 heteroatoms. The monoisotopic (exact) mass is 412 g/mol. The summed E-state index contributed by atoms with van der Waals surface area (Å²) in [5, 5.41) is 9.88. The number of carbonyl (C=O) groups is 1. The number of amides is 1. The van der Waals surface area contributed by atoms with Gasteiger partial charge >= 0.3 is 0 Å². The molecule has 0 aliphatic carbocycles. The molecule has 3 atom stereocenters. The van der Waals surface area contributed by atoms with Crippen LogP contribution in [0.25, 0.3) is 6.08 Å². The van der Waals surface area contributed by atoms with Gasteiger partial charge in [-0.3, -0.25) is 4.79 Å². The highest BCUT2D eigenvalue weighted by atomic mass is 32.2.